The average Bonchev–Trinajstić information content (AvgIpc) is 2.46. The van der Waals surface area contributed by atoms with Gasteiger partial charge in [0.05, 0.1) is 38.0 Å². The number of benzene rings is 1. The van der Waals surface area contributed by atoms with Crippen molar-refractivity contribution in [1.29, 1.82) is 0 Å². The van der Waals surface area contributed by atoms with Crippen molar-refractivity contribution in [2.75, 3.05) is 33.4 Å². The molecule has 1 heterocycles. The van der Waals surface area contributed by atoms with Crippen molar-refractivity contribution < 1.29 is 23.8 Å². The maximum atomic E-state index is 13.3. The van der Waals surface area contributed by atoms with E-state index in [1.165, 1.54) is 25.3 Å². The molecule has 2 unspecified atom stereocenters. The maximum Gasteiger partial charge on any atom is 0.180 e. The van der Waals surface area contributed by atoms with Gasteiger partial charge in [-0.25, -0.2) is 4.39 Å². The molecule has 1 N–H and O–H groups in total. The number of hydrogen-bond donors (Lipinski definition) is 1. The molecule has 0 aliphatic carbocycles. The Hall–Kier alpha value is -1.50. The van der Waals surface area contributed by atoms with Crippen LogP contribution in [0.15, 0.2) is 18.2 Å². The molecular weight excluding hydrogens is 277 g/mol. The van der Waals surface area contributed by atoms with Gasteiger partial charge in [0.2, 0.25) is 0 Å². The molecule has 1 aromatic rings. The molecule has 1 fully saturated rings. The summed E-state index contributed by atoms with van der Waals surface area (Å²) in [5.74, 6) is -0.318. The highest BCUT2D eigenvalue weighted by molar-refractivity contribution is 6.00. The lowest BCUT2D eigenvalue weighted by molar-refractivity contribution is -0.0926. The highest BCUT2D eigenvalue weighted by atomic mass is 19.1. The summed E-state index contributed by atoms with van der Waals surface area (Å²) in [6, 6.07) is 3.89. The van der Waals surface area contributed by atoms with E-state index in [0.717, 1.165) is 0 Å². The summed E-state index contributed by atoms with van der Waals surface area (Å²) in [5, 5.41) is 9.19. The Labute approximate surface area is 123 Å². The van der Waals surface area contributed by atoms with Crippen molar-refractivity contribution in [2.45, 2.75) is 19.1 Å². The van der Waals surface area contributed by atoms with Crippen molar-refractivity contribution in [3.8, 4) is 5.75 Å². The summed E-state index contributed by atoms with van der Waals surface area (Å²) in [6.45, 7) is 3.02. The molecule has 0 amide bonds. The second kappa shape index (κ2) is 6.98. The summed E-state index contributed by atoms with van der Waals surface area (Å²) < 4.78 is 24.0. The van der Waals surface area contributed by atoms with E-state index in [4.69, 9.17) is 9.47 Å². The molecule has 116 valence electrons. The number of halogens is 1. The Kier molecular flexibility index (Phi) is 5.27. The largest absolute Gasteiger partial charge is 0.496 e. The van der Waals surface area contributed by atoms with Crippen LogP contribution in [0.3, 0.4) is 0 Å². The van der Waals surface area contributed by atoms with Gasteiger partial charge >= 0.3 is 0 Å². The highest BCUT2D eigenvalue weighted by Gasteiger charge is 2.27. The quantitative estimate of drug-likeness (QED) is 0.825. The SMILES string of the molecule is COc1ccc(F)cc1C(=O)CN1CC(C)OC(CO)C1. The van der Waals surface area contributed by atoms with Crippen molar-refractivity contribution in [1.82, 2.24) is 4.90 Å². The van der Waals surface area contributed by atoms with Gasteiger partial charge in [0.15, 0.2) is 5.78 Å². The Balaban J connectivity index is 2.09. The van der Waals surface area contributed by atoms with Gasteiger partial charge in [0, 0.05) is 13.1 Å². The molecule has 0 aromatic heterocycles. The highest BCUT2D eigenvalue weighted by Crippen LogP contribution is 2.21. The van der Waals surface area contributed by atoms with E-state index in [2.05, 4.69) is 0 Å². The first-order chi connectivity index (χ1) is 10.0. The van der Waals surface area contributed by atoms with Gasteiger partial charge in [-0.3, -0.25) is 9.69 Å². The predicted molar refractivity (Wildman–Crippen MR) is 75.1 cm³/mol. The number of nitrogens with zero attached hydrogens (tertiary/aromatic N) is 1. The van der Waals surface area contributed by atoms with Crippen molar-refractivity contribution >= 4 is 5.78 Å². The number of aliphatic hydroxyl groups excluding tert-OH is 1. The summed E-state index contributed by atoms with van der Waals surface area (Å²) >= 11 is 0. The number of ketones is 1. The van der Waals surface area contributed by atoms with Crippen LogP contribution >= 0.6 is 0 Å². The molecule has 0 bridgehead atoms. The van der Waals surface area contributed by atoms with Crippen LogP contribution in [0.1, 0.15) is 17.3 Å². The minimum Gasteiger partial charge on any atom is -0.496 e. The second-order valence-corrected chi connectivity index (χ2v) is 5.21. The zero-order chi connectivity index (χ0) is 15.4. The maximum absolute atomic E-state index is 13.3. The molecule has 1 aromatic carbocycles. The molecule has 21 heavy (non-hydrogen) atoms. The van der Waals surface area contributed by atoms with Crippen LogP contribution in [-0.4, -0.2) is 61.3 Å². The van der Waals surface area contributed by atoms with E-state index >= 15 is 0 Å². The molecule has 2 rings (SSSR count). The Morgan fingerprint density at radius 1 is 1.52 bits per heavy atom. The van der Waals surface area contributed by atoms with Crippen LogP contribution in [0, 0.1) is 5.82 Å². The molecule has 1 saturated heterocycles. The van der Waals surface area contributed by atoms with Crippen LogP contribution in [0.25, 0.3) is 0 Å². The zero-order valence-corrected chi connectivity index (χ0v) is 12.2. The van der Waals surface area contributed by atoms with Gasteiger partial charge < -0.3 is 14.6 Å². The summed E-state index contributed by atoms with van der Waals surface area (Å²) in [7, 11) is 1.45. The Bertz CT molecular complexity index is 508. The average molecular weight is 297 g/mol. The topological polar surface area (TPSA) is 59.0 Å². The molecule has 2 atom stereocenters. The van der Waals surface area contributed by atoms with E-state index in [0.29, 0.717) is 18.8 Å². The van der Waals surface area contributed by atoms with Gasteiger partial charge in [0.25, 0.3) is 0 Å². The molecular formula is C15H20FNO4. The Morgan fingerprint density at radius 3 is 2.95 bits per heavy atom. The van der Waals surface area contributed by atoms with Crippen LogP contribution in [0.2, 0.25) is 0 Å². The fraction of sp³-hybridized carbons (Fsp3) is 0.533. The third-order valence-corrected chi connectivity index (χ3v) is 3.43. The van der Waals surface area contributed by atoms with Crippen LogP contribution in [-0.2, 0) is 4.74 Å². The number of Topliss-reactive ketones (excluding diaryl/α,β-unsaturated/α-hetero) is 1. The van der Waals surface area contributed by atoms with E-state index in [9.17, 15) is 14.3 Å². The van der Waals surface area contributed by atoms with Crippen LogP contribution in [0.5, 0.6) is 5.75 Å². The minimum absolute atomic E-state index is 0.0573. The standard InChI is InChI=1S/C15H20FNO4/c1-10-6-17(7-12(9-18)21-10)8-14(19)13-5-11(16)3-4-15(13)20-2/h3-5,10,12,18H,6-9H2,1-2H3. The number of carbonyl (C=O) groups is 1. The third-order valence-electron chi connectivity index (χ3n) is 3.43. The first-order valence-corrected chi connectivity index (χ1v) is 6.89. The van der Waals surface area contributed by atoms with Gasteiger partial charge in [-0.2, -0.15) is 0 Å². The Morgan fingerprint density at radius 2 is 2.29 bits per heavy atom. The van der Waals surface area contributed by atoms with Crippen molar-refractivity contribution in [3.05, 3.63) is 29.6 Å². The second-order valence-electron chi connectivity index (χ2n) is 5.21. The summed E-state index contributed by atoms with van der Waals surface area (Å²) in [6.07, 6.45) is -0.353. The summed E-state index contributed by atoms with van der Waals surface area (Å²) in [5.41, 5.74) is 0.234. The minimum atomic E-state index is -0.470. The number of morpholine rings is 1. The molecule has 0 radical (unpaired) electrons. The fourth-order valence-electron chi connectivity index (χ4n) is 2.56. The lowest BCUT2D eigenvalue weighted by Crippen LogP contribution is -2.49. The molecule has 6 heteroatoms. The first-order valence-electron chi connectivity index (χ1n) is 6.89. The number of hydrogen-bond acceptors (Lipinski definition) is 5. The lowest BCUT2D eigenvalue weighted by atomic mass is 10.1. The van der Waals surface area contributed by atoms with Gasteiger partial charge in [-0.15, -0.1) is 0 Å². The van der Waals surface area contributed by atoms with Gasteiger partial charge in [0.1, 0.15) is 11.6 Å². The van der Waals surface area contributed by atoms with Crippen molar-refractivity contribution in [2.24, 2.45) is 0 Å². The molecule has 0 saturated carbocycles. The number of carbonyl (C=O) groups excluding carboxylic acids is 1. The fourth-order valence-corrected chi connectivity index (χ4v) is 2.56. The molecule has 1 aliphatic heterocycles. The van der Waals surface area contributed by atoms with Crippen LogP contribution in [0.4, 0.5) is 4.39 Å². The van der Waals surface area contributed by atoms with E-state index < -0.39 is 5.82 Å². The first kappa shape index (κ1) is 15.9. The van der Waals surface area contributed by atoms with Crippen molar-refractivity contribution in [3.63, 3.8) is 0 Å². The predicted octanol–water partition coefficient (Wildman–Crippen LogP) is 1.10. The van der Waals surface area contributed by atoms with Crippen LogP contribution < -0.4 is 4.74 Å². The summed E-state index contributed by atoms with van der Waals surface area (Å²) in [4.78, 5) is 14.3. The number of rotatable bonds is 5. The number of aliphatic hydroxyl groups is 1. The smallest absolute Gasteiger partial charge is 0.180 e. The molecule has 5 nitrogen and oxygen atoms in total. The lowest BCUT2D eigenvalue weighted by Gasteiger charge is -2.35. The number of methoxy groups -OCH3 is 1. The van der Waals surface area contributed by atoms with E-state index in [1.807, 2.05) is 11.8 Å². The zero-order valence-electron chi connectivity index (χ0n) is 12.2. The third kappa shape index (κ3) is 4.00. The monoisotopic (exact) mass is 297 g/mol. The molecule has 0 spiro atoms. The normalized spacial score (nSPS) is 23.0. The van der Waals surface area contributed by atoms with Gasteiger partial charge in [-0.05, 0) is 25.1 Å². The number of ether oxygens (including phenoxy) is 2. The molecule has 1 aliphatic rings. The van der Waals surface area contributed by atoms with E-state index in [-0.39, 0.29) is 36.7 Å². The van der Waals surface area contributed by atoms with Gasteiger partial charge in [-0.1, -0.05) is 0 Å². The van der Waals surface area contributed by atoms with E-state index in [1.54, 1.807) is 0 Å².